The summed E-state index contributed by atoms with van der Waals surface area (Å²) in [7, 11) is 0. The van der Waals surface area contributed by atoms with Crippen LogP contribution in [0.1, 0.15) is 32.4 Å². The molecule has 18 heavy (non-hydrogen) atoms. The van der Waals surface area contributed by atoms with Crippen LogP contribution in [0.2, 0.25) is 5.02 Å². The first-order chi connectivity index (χ1) is 8.49. The standard InChI is InChI=1S/C14H22ClNO2/c1-10(2)18-9-14(17)8-16-11(3)12-4-6-13(15)7-5-12/h4-7,10-11,14,16-17H,8-9H2,1-3H3/t11-,14?/m0/s1. The maximum atomic E-state index is 9.73. The lowest BCUT2D eigenvalue weighted by Gasteiger charge is -2.18. The Morgan fingerprint density at radius 1 is 1.22 bits per heavy atom. The summed E-state index contributed by atoms with van der Waals surface area (Å²) >= 11 is 5.84. The summed E-state index contributed by atoms with van der Waals surface area (Å²) in [4.78, 5) is 0. The number of rotatable bonds is 7. The van der Waals surface area contributed by atoms with E-state index in [9.17, 15) is 5.11 Å². The molecule has 2 N–H and O–H groups in total. The Hall–Kier alpha value is -0.610. The highest BCUT2D eigenvalue weighted by molar-refractivity contribution is 6.30. The topological polar surface area (TPSA) is 41.5 Å². The van der Waals surface area contributed by atoms with Crippen LogP contribution < -0.4 is 5.32 Å². The Bertz CT molecular complexity index is 340. The molecule has 4 heteroatoms. The van der Waals surface area contributed by atoms with E-state index in [2.05, 4.69) is 12.2 Å². The van der Waals surface area contributed by atoms with Crippen LogP contribution >= 0.6 is 11.6 Å². The fourth-order valence-electron chi connectivity index (χ4n) is 1.54. The molecule has 0 radical (unpaired) electrons. The monoisotopic (exact) mass is 271 g/mol. The minimum atomic E-state index is -0.484. The number of aliphatic hydroxyl groups excluding tert-OH is 1. The maximum Gasteiger partial charge on any atom is 0.0898 e. The molecule has 0 heterocycles. The summed E-state index contributed by atoms with van der Waals surface area (Å²) in [6.45, 7) is 6.83. The number of benzene rings is 1. The quantitative estimate of drug-likeness (QED) is 0.801. The first kappa shape index (κ1) is 15.4. The van der Waals surface area contributed by atoms with E-state index in [1.54, 1.807) is 0 Å². The van der Waals surface area contributed by atoms with Gasteiger partial charge in [0.25, 0.3) is 0 Å². The van der Waals surface area contributed by atoms with E-state index in [1.165, 1.54) is 0 Å². The van der Waals surface area contributed by atoms with Gasteiger partial charge in [-0.15, -0.1) is 0 Å². The molecule has 0 bridgehead atoms. The molecule has 0 saturated heterocycles. The molecule has 1 unspecified atom stereocenters. The Balaban J connectivity index is 2.32. The van der Waals surface area contributed by atoms with Crippen LogP contribution in [-0.4, -0.2) is 30.5 Å². The van der Waals surface area contributed by atoms with E-state index >= 15 is 0 Å². The SMILES string of the molecule is CC(C)OCC(O)CN[C@@H](C)c1ccc(Cl)cc1. The van der Waals surface area contributed by atoms with Crippen molar-refractivity contribution in [3.8, 4) is 0 Å². The zero-order chi connectivity index (χ0) is 13.5. The fourth-order valence-corrected chi connectivity index (χ4v) is 1.67. The van der Waals surface area contributed by atoms with Gasteiger partial charge in [-0.25, -0.2) is 0 Å². The zero-order valence-corrected chi connectivity index (χ0v) is 11.9. The second kappa shape index (κ2) is 7.74. The van der Waals surface area contributed by atoms with Crippen LogP contribution in [0.25, 0.3) is 0 Å². The molecule has 0 saturated carbocycles. The van der Waals surface area contributed by atoms with Crippen molar-refractivity contribution in [3.63, 3.8) is 0 Å². The minimum absolute atomic E-state index is 0.147. The summed E-state index contributed by atoms with van der Waals surface area (Å²) < 4.78 is 5.35. The molecule has 0 spiro atoms. The van der Waals surface area contributed by atoms with Crippen molar-refractivity contribution in [3.05, 3.63) is 34.9 Å². The lowest BCUT2D eigenvalue weighted by Crippen LogP contribution is -2.32. The molecule has 1 rings (SSSR count). The highest BCUT2D eigenvalue weighted by Gasteiger charge is 2.09. The molecular weight excluding hydrogens is 250 g/mol. The van der Waals surface area contributed by atoms with Crippen LogP contribution in [0, 0.1) is 0 Å². The summed E-state index contributed by atoms with van der Waals surface area (Å²) in [5.41, 5.74) is 1.15. The van der Waals surface area contributed by atoms with Crippen molar-refractivity contribution < 1.29 is 9.84 Å². The van der Waals surface area contributed by atoms with Crippen LogP contribution in [-0.2, 0) is 4.74 Å². The summed E-state index contributed by atoms with van der Waals surface area (Å²) in [5.74, 6) is 0. The van der Waals surface area contributed by atoms with Crippen LogP contribution in [0.15, 0.2) is 24.3 Å². The van der Waals surface area contributed by atoms with Crippen molar-refractivity contribution in [1.82, 2.24) is 5.32 Å². The molecule has 0 aromatic heterocycles. The Morgan fingerprint density at radius 3 is 2.39 bits per heavy atom. The molecule has 0 aliphatic heterocycles. The summed E-state index contributed by atoms with van der Waals surface area (Å²) in [6, 6.07) is 7.88. The van der Waals surface area contributed by atoms with Crippen molar-refractivity contribution in [2.75, 3.05) is 13.2 Å². The van der Waals surface area contributed by atoms with Crippen LogP contribution in [0.4, 0.5) is 0 Å². The van der Waals surface area contributed by atoms with Gasteiger partial charge in [0.05, 0.1) is 18.8 Å². The Kier molecular flexibility index (Phi) is 6.65. The third kappa shape index (κ3) is 5.83. The third-order valence-electron chi connectivity index (χ3n) is 2.65. The van der Waals surface area contributed by atoms with Crippen molar-refractivity contribution >= 4 is 11.6 Å². The summed E-state index contributed by atoms with van der Waals surface area (Å²) in [6.07, 6.45) is -0.338. The van der Waals surface area contributed by atoms with Gasteiger partial charge in [-0.1, -0.05) is 23.7 Å². The second-order valence-electron chi connectivity index (χ2n) is 4.72. The van der Waals surface area contributed by atoms with Crippen LogP contribution in [0.3, 0.4) is 0 Å². The molecular formula is C14H22ClNO2. The van der Waals surface area contributed by atoms with Gasteiger partial charge in [0.1, 0.15) is 0 Å². The van der Waals surface area contributed by atoms with Crippen molar-refractivity contribution in [2.45, 2.75) is 39.0 Å². The predicted molar refractivity (Wildman–Crippen MR) is 75.0 cm³/mol. The molecule has 102 valence electrons. The van der Waals surface area contributed by atoms with Gasteiger partial charge in [0.2, 0.25) is 0 Å². The zero-order valence-electron chi connectivity index (χ0n) is 11.2. The number of halogens is 1. The summed E-state index contributed by atoms with van der Waals surface area (Å²) in [5, 5.41) is 13.7. The molecule has 0 aliphatic rings. The van der Waals surface area contributed by atoms with Gasteiger partial charge in [-0.3, -0.25) is 0 Å². The van der Waals surface area contributed by atoms with E-state index in [0.717, 1.165) is 10.6 Å². The van der Waals surface area contributed by atoms with Gasteiger partial charge in [-0.2, -0.15) is 0 Å². The number of nitrogens with one attached hydrogen (secondary N) is 1. The largest absolute Gasteiger partial charge is 0.389 e. The van der Waals surface area contributed by atoms with Gasteiger partial charge in [-0.05, 0) is 38.5 Å². The molecule has 0 fully saturated rings. The van der Waals surface area contributed by atoms with Gasteiger partial charge < -0.3 is 15.2 Å². The van der Waals surface area contributed by atoms with Gasteiger partial charge >= 0.3 is 0 Å². The predicted octanol–water partition coefficient (Wildman–Crippen LogP) is 2.78. The Morgan fingerprint density at radius 2 is 1.83 bits per heavy atom. The highest BCUT2D eigenvalue weighted by atomic mass is 35.5. The fraction of sp³-hybridized carbons (Fsp3) is 0.571. The average Bonchev–Trinajstić information content (AvgIpc) is 2.34. The van der Waals surface area contributed by atoms with E-state index < -0.39 is 6.10 Å². The normalized spacial score (nSPS) is 14.8. The van der Waals surface area contributed by atoms with Gasteiger partial charge in [0, 0.05) is 17.6 Å². The molecule has 1 aromatic carbocycles. The van der Waals surface area contributed by atoms with E-state index in [4.69, 9.17) is 16.3 Å². The van der Waals surface area contributed by atoms with E-state index in [-0.39, 0.29) is 12.1 Å². The van der Waals surface area contributed by atoms with Crippen molar-refractivity contribution in [2.24, 2.45) is 0 Å². The minimum Gasteiger partial charge on any atom is -0.389 e. The van der Waals surface area contributed by atoms with Crippen molar-refractivity contribution in [1.29, 1.82) is 0 Å². The highest BCUT2D eigenvalue weighted by Crippen LogP contribution is 2.15. The van der Waals surface area contributed by atoms with E-state index in [0.29, 0.717) is 13.2 Å². The second-order valence-corrected chi connectivity index (χ2v) is 5.15. The number of hydrogen-bond acceptors (Lipinski definition) is 3. The molecule has 3 nitrogen and oxygen atoms in total. The smallest absolute Gasteiger partial charge is 0.0898 e. The lowest BCUT2D eigenvalue weighted by molar-refractivity contribution is 0.00560. The van der Waals surface area contributed by atoms with Gasteiger partial charge in [0.15, 0.2) is 0 Å². The Labute approximate surface area is 114 Å². The first-order valence-corrected chi connectivity index (χ1v) is 6.65. The molecule has 2 atom stereocenters. The number of hydrogen-bond donors (Lipinski definition) is 2. The third-order valence-corrected chi connectivity index (χ3v) is 2.90. The molecule has 1 aromatic rings. The first-order valence-electron chi connectivity index (χ1n) is 6.27. The number of aliphatic hydroxyl groups is 1. The molecule has 0 aliphatic carbocycles. The molecule has 0 amide bonds. The average molecular weight is 272 g/mol. The van der Waals surface area contributed by atoms with E-state index in [1.807, 2.05) is 38.1 Å². The van der Waals surface area contributed by atoms with Crippen LogP contribution in [0.5, 0.6) is 0 Å². The lowest BCUT2D eigenvalue weighted by atomic mass is 10.1. The number of ether oxygens (including phenoxy) is 1. The maximum absolute atomic E-state index is 9.73.